The first-order valence-corrected chi connectivity index (χ1v) is 9.48. The number of nitrogens with one attached hydrogen (secondary N) is 2. The summed E-state index contributed by atoms with van der Waals surface area (Å²) in [4.78, 5) is 12.4. The summed E-state index contributed by atoms with van der Waals surface area (Å²) in [6, 6.07) is 9.73. The Kier molecular flexibility index (Phi) is 6.65. The van der Waals surface area contributed by atoms with E-state index in [4.69, 9.17) is 14.2 Å². The number of sulfonamides is 1. The number of rotatable bonds is 8. The van der Waals surface area contributed by atoms with E-state index in [1.165, 1.54) is 52.5 Å². The molecule has 0 aliphatic rings. The number of methoxy groups -OCH3 is 3. The summed E-state index contributed by atoms with van der Waals surface area (Å²) in [6.07, 6.45) is 0. The fourth-order valence-electron chi connectivity index (χ4n) is 2.27. The molecule has 0 heterocycles. The highest BCUT2D eigenvalue weighted by molar-refractivity contribution is 7.89. The predicted octanol–water partition coefficient (Wildman–Crippen LogP) is 2.02. The van der Waals surface area contributed by atoms with E-state index in [1.54, 1.807) is 18.2 Å². The molecule has 1 atom stereocenters. The third-order valence-corrected chi connectivity index (χ3v) is 5.30. The predicted molar refractivity (Wildman–Crippen MR) is 101 cm³/mol. The number of hydrogen-bond donors (Lipinski definition) is 2. The largest absolute Gasteiger partial charge is 0.497 e. The number of ether oxygens (including phenoxy) is 3. The van der Waals surface area contributed by atoms with Gasteiger partial charge in [0.05, 0.1) is 32.3 Å². The molecule has 0 bridgehead atoms. The first kappa shape index (κ1) is 20.5. The molecule has 9 heteroatoms. The Morgan fingerprint density at radius 1 is 0.926 bits per heavy atom. The summed E-state index contributed by atoms with van der Waals surface area (Å²) in [5.74, 6) is 0.984. The van der Waals surface area contributed by atoms with Crippen LogP contribution in [0.15, 0.2) is 47.4 Å². The van der Waals surface area contributed by atoms with Crippen molar-refractivity contribution < 1.29 is 27.4 Å². The van der Waals surface area contributed by atoms with Gasteiger partial charge in [-0.05, 0) is 43.3 Å². The summed E-state index contributed by atoms with van der Waals surface area (Å²) in [5, 5.41) is 2.64. The van der Waals surface area contributed by atoms with Crippen LogP contribution in [0.1, 0.15) is 6.92 Å². The van der Waals surface area contributed by atoms with Crippen molar-refractivity contribution in [2.45, 2.75) is 17.9 Å². The Balaban J connectivity index is 2.08. The average molecular weight is 394 g/mol. The van der Waals surface area contributed by atoms with Gasteiger partial charge in [0, 0.05) is 11.8 Å². The monoisotopic (exact) mass is 394 g/mol. The number of amides is 1. The smallest absolute Gasteiger partial charge is 0.242 e. The van der Waals surface area contributed by atoms with Crippen molar-refractivity contribution in [2.24, 2.45) is 0 Å². The van der Waals surface area contributed by atoms with Gasteiger partial charge in [0.15, 0.2) is 11.5 Å². The zero-order valence-corrected chi connectivity index (χ0v) is 16.3. The molecule has 0 fully saturated rings. The lowest BCUT2D eigenvalue weighted by atomic mass is 10.2. The molecule has 27 heavy (non-hydrogen) atoms. The standard InChI is InChI=1S/C18H22N2O6S/c1-12(20-27(22,23)15-8-6-14(24-2)7-9-15)18(21)19-13-5-10-16(25-3)17(11-13)26-4/h5-12,20H,1-4H3,(H,19,21). The van der Waals surface area contributed by atoms with Crippen LogP contribution in [0.2, 0.25) is 0 Å². The van der Waals surface area contributed by atoms with Crippen LogP contribution in [0, 0.1) is 0 Å². The molecule has 8 nitrogen and oxygen atoms in total. The van der Waals surface area contributed by atoms with Crippen LogP contribution in [0.5, 0.6) is 17.2 Å². The van der Waals surface area contributed by atoms with Crippen molar-refractivity contribution in [1.82, 2.24) is 4.72 Å². The highest BCUT2D eigenvalue weighted by Gasteiger charge is 2.22. The van der Waals surface area contributed by atoms with Crippen molar-refractivity contribution in [3.05, 3.63) is 42.5 Å². The molecule has 2 rings (SSSR count). The molecular formula is C18H22N2O6S. The Hall–Kier alpha value is -2.78. The molecule has 0 saturated heterocycles. The minimum absolute atomic E-state index is 0.0362. The summed E-state index contributed by atoms with van der Waals surface area (Å²) in [6.45, 7) is 1.46. The lowest BCUT2D eigenvalue weighted by molar-refractivity contribution is -0.117. The minimum Gasteiger partial charge on any atom is -0.497 e. The van der Waals surface area contributed by atoms with Gasteiger partial charge in [0.2, 0.25) is 15.9 Å². The Morgan fingerprint density at radius 2 is 1.56 bits per heavy atom. The molecular weight excluding hydrogens is 372 g/mol. The van der Waals surface area contributed by atoms with Gasteiger partial charge in [-0.2, -0.15) is 4.72 Å². The third kappa shape index (κ3) is 5.11. The van der Waals surface area contributed by atoms with E-state index in [2.05, 4.69) is 10.0 Å². The number of hydrogen-bond acceptors (Lipinski definition) is 6. The summed E-state index contributed by atoms with van der Waals surface area (Å²) in [7, 11) is 0.619. The molecule has 146 valence electrons. The second kappa shape index (κ2) is 8.74. The van der Waals surface area contributed by atoms with Gasteiger partial charge in [-0.15, -0.1) is 0 Å². The molecule has 1 unspecified atom stereocenters. The summed E-state index contributed by atoms with van der Waals surface area (Å²) in [5.41, 5.74) is 0.452. The van der Waals surface area contributed by atoms with Gasteiger partial charge in [0.1, 0.15) is 5.75 Å². The highest BCUT2D eigenvalue weighted by atomic mass is 32.2. The van der Waals surface area contributed by atoms with Gasteiger partial charge in [-0.1, -0.05) is 0 Å². The zero-order chi connectivity index (χ0) is 20.0. The maximum absolute atomic E-state index is 12.4. The van der Waals surface area contributed by atoms with Crippen LogP contribution in [-0.2, 0) is 14.8 Å². The van der Waals surface area contributed by atoms with Gasteiger partial charge >= 0.3 is 0 Å². The topological polar surface area (TPSA) is 103 Å². The maximum atomic E-state index is 12.4. The van der Waals surface area contributed by atoms with E-state index in [0.29, 0.717) is 22.9 Å². The van der Waals surface area contributed by atoms with Crippen LogP contribution in [-0.4, -0.2) is 41.7 Å². The molecule has 0 radical (unpaired) electrons. The van der Waals surface area contributed by atoms with Gasteiger partial charge in [0.25, 0.3) is 0 Å². The van der Waals surface area contributed by atoms with Crippen molar-refractivity contribution in [3.8, 4) is 17.2 Å². The zero-order valence-electron chi connectivity index (χ0n) is 15.5. The molecule has 0 aliphatic heterocycles. The van der Waals surface area contributed by atoms with Gasteiger partial charge in [-0.25, -0.2) is 8.42 Å². The van der Waals surface area contributed by atoms with E-state index in [9.17, 15) is 13.2 Å². The summed E-state index contributed by atoms with van der Waals surface area (Å²) >= 11 is 0. The third-order valence-electron chi connectivity index (χ3n) is 3.75. The van der Waals surface area contributed by atoms with E-state index in [0.717, 1.165) is 0 Å². The average Bonchev–Trinajstić information content (AvgIpc) is 2.67. The Morgan fingerprint density at radius 3 is 2.11 bits per heavy atom. The van der Waals surface area contributed by atoms with E-state index >= 15 is 0 Å². The fraction of sp³-hybridized carbons (Fsp3) is 0.278. The normalized spacial score (nSPS) is 12.1. The molecule has 2 aromatic rings. The number of carbonyl (C=O) groups excluding carboxylic acids is 1. The van der Waals surface area contributed by atoms with Crippen LogP contribution in [0.4, 0.5) is 5.69 Å². The number of benzene rings is 2. The number of anilines is 1. The number of carbonyl (C=O) groups is 1. The molecule has 0 spiro atoms. The summed E-state index contributed by atoms with van der Waals surface area (Å²) < 4.78 is 42.5. The van der Waals surface area contributed by atoms with Crippen LogP contribution >= 0.6 is 0 Å². The SMILES string of the molecule is COc1ccc(S(=O)(=O)NC(C)C(=O)Nc2ccc(OC)c(OC)c2)cc1. The van der Waals surface area contributed by atoms with E-state index in [-0.39, 0.29) is 4.90 Å². The molecule has 0 aromatic heterocycles. The second-order valence-electron chi connectivity index (χ2n) is 5.58. The highest BCUT2D eigenvalue weighted by Crippen LogP contribution is 2.29. The van der Waals surface area contributed by atoms with Crippen molar-refractivity contribution in [2.75, 3.05) is 26.6 Å². The lowest BCUT2D eigenvalue weighted by Gasteiger charge is -2.15. The second-order valence-corrected chi connectivity index (χ2v) is 7.29. The molecule has 1 amide bonds. The van der Waals surface area contributed by atoms with E-state index in [1.807, 2.05) is 0 Å². The van der Waals surface area contributed by atoms with Crippen molar-refractivity contribution in [3.63, 3.8) is 0 Å². The molecule has 0 aliphatic carbocycles. The molecule has 2 N–H and O–H groups in total. The van der Waals surface area contributed by atoms with Gasteiger partial charge < -0.3 is 19.5 Å². The van der Waals surface area contributed by atoms with Crippen LogP contribution < -0.4 is 24.2 Å². The Bertz CT molecular complexity index is 897. The van der Waals surface area contributed by atoms with Crippen LogP contribution in [0.25, 0.3) is 0 Å². The van der Waals surface area contributed by atoms with Crippen molar-refractivity contribution >= 4 is 21.6 Å². The molecule has 0 saturated carbocycles. The quantitative estimate of drug-likeness (QED) is 0.710. The Labute approximate surface area is 158 Å². The van der Waals surface area contributed by atoms with Gasteiger partial charge in [-0.3, -0.25) is 4.79 Å². The van der Waals surface area contributed by atoms with E-state index < -0.39 is 22.0 Å². The lowest BCUT2D eigenvalue weighted by Crippen LogP contribution is -2.41. The maximum Gasteiger partial charge on any atom is 0.242 e. The molecule has 2 aromatic carbocycles. The minimum atomic E-state index is -3.86. The van der Waals surface area contributed by atoms with Crippen molar-refractivity contribution in [1.29, 1.82) is 0 Å². The first-order chi connectivity index (χ1) is 12.8. The first-order valence-electron chi connectivity index (χ1n) is 8.00. The van der Waals surface area contributed by atoms with Crippen LogP contribution in [0.3, 0.4) is 0 Å². The fourth-order valence-corrected chi connectivity index (χ4v) is 3.48.